The van der Waals surface area contributed by atoms with E-state index in [9.17, 15) is 4.79 Å². The molecule has 0 fully saturated rings. The van der Waals surface area contributed by atoms with Crippen molar-refractivity contribution in [1.82, 2.24) is 20.4 Å². The fraction of sp³-hybridized carbons (Fsp3) is 0. The molecule has 0 atom stereocenters. The van der Waals surface area contributed by atoms with Crippen LogP contribution in [0.2, 0.25) is 0 Å². The monoisotopic (exact) mass is 265 g/mol. The first kappa shape index (κ1) is 12.0. The van der Waals surface area contributed by atoms with Crippen molar-refractivity contribution in [1.29, 1.82) is 0 Å². The molecule has 1 amide bonds. The van der Waals surface area contributed by atoms with Gasteiger partial charge in [-0.3, -0.25) is 9.78 Å². The van der Waals surface area contributed by atoms with Crippen LogP contribution in [-0.2, 0) is 0 Å². The number of aromatic nitrogens is 3. The molecule has 2 aromatic heterocycles. The van der Waals surface area contributed by atoms with Crippen molar-refractivity contribution in [3.05, 3.63) is 60.2 Å². The summed E-state index contributed by atoms with van der Waals surface area (Å²) in [5, 5.41) is 3.87. The number of nitrogens with zero attached hydrogens (tertiary/aromatic N) is 3. The maximum Gasteiger partial charge on any atom is 0.272 e. The fourth-order valence-electron chi connectivity index (χ4n) is 1.75. The van der Waals surface area contributed by atoms with Gasteiger partial charge in [0.05, 0.1) is 22.8 Å². The zero-order chi connectivity index (χ0) is 13.8. The van der Waals surface area contributed by atoms with Gasteiger partial charge in [-0.2, -0.15) is 5.10 Å². The van der Waals surface area contributed by atoms with Crippen LogP contribution in [0, 0.1) is 0 Å². The predicted octanol–water partition coefficient (Wildman–Crippen LogP) is 1.72. The van der Waals surface area contributed by atoms with E-state index < -0.39 is 0 Å². The minimum Gasteiger partial charge on any atom is -0.337 e. The van der Waals surface area contributed by atoms with Crippen molar-refractivity contribution in [3.63, 3.8) is 0 Å². The van der Waals surface area contributed by atoms with Gasteiger partial charge in [0.25, 0.3) is 5.91 Å². The highest BCUT2D eigenvalue weighted by atomic mass is 16.2. The number of aromatic amines is 1. The van der Waals surface area contributed by atoms with Crippen LogP contribution in [0.5, 0.6) is 0 Å². The van der Waals surface area contributed by atoms with Crippen LogP contribution >= 0.6 is 0 Å². The van der Waals surface area contributed by atoms with E-state index in [-0.39, 0.29) is 5.91 Å². The van der Waals surface area contributed by atoms with Crippen LogP contribution in [0.25, 0.3) is 11.0 Å². The minimum atomic E-state index is -0.314. The van der Waals surface area contributed by atoms with E-state index in [0.29, 0.717) is 11.4 Å². The number of fused-ring (bicyclic) bond motifs is 1. The van der Waals surface area contributed by atoms with Crippen molar-refractivity contribution in [2.75, 3.05) is 0 Å². The van der Waals surface area contributed by atoms with Crippen LogP contribution in [0.15, 0.2) is 53.9 Å². The molecule has 6 nitrogen and oxygen atoms in total. The molecular weight excluding hydrogens is 254 g/mol. The SMILES string of the molecule is O=C(N/N=C/c1nc2ccccc2[nH]1)c1cccnc1. The molecule has 0 spiro atoms. The van der Waals surface area contributed by atoms with Gasteiger partial charge in [0.2, 0.25) is 0 Å². The zero-order valence-corrected chi connectivity index (χ0v) is 10.4. The van der Waals surface area contributed by atoms with Crippen LogP contribution in [0.3, 0.4) is 0 Å². The number of benzene rings is 1. The number of imidazole rings is 1. The lowest BCUT2D eigenvalue weighted by atomic mass is 10.3. The first-order chi connectivity index (χ1) is 9.83. The van der Waals surface area contributed by atoms with Crippen LogP contribution in [0.4, 0.5) is 0 Å². The number of carbonyl (C=O) groups is 1. The number of rotatable bonds is 3. The summed E-state index contributed by atoms with van der Waals surface area (Å²) in [6, 6.07) is 11.0. The molecule has 0 radical (unpaired) electrons. The lowest BCUT2D eigenvalue weighted by molar-refractivity contribution is 0.0955. The number of H-pyrrole nitrogens is 1. The summed E-state index contributed by atoms with van der Waals surface area (Å²) in [7, 11) is 0. The molecule has 0 aliphatic rings. The van der Waals surface area contributed by atoms with Gasteiger partial charge in [0.15, 0.2) is 5.82 Å². The average molecular weight is 265 g/mol. The van der Waals surface area contributed by atoms with E-state index in [1.807, 2.05) is 24.3 Å². The number of hydrogen-bond donors (Lipinski definition) is 2. The Morgan fingerprint density at radius 2 is 2.15 bits per heavy atom. The third-order valence-electron chi connectivity index (χ3n) is 2.68. The zero-order valence-electron chi connectivity index (χ0n) is 10.4. The van der Waals surface area contributed by atoms with Crippen molar-refractivity contribution in [3.8, 4) is 0 Å². The molecule has 0 bridgehead atoms. The number of nitrogens with one attached hydrogen (secondary N) is 2. The van der Waals surface area contributed by atoms with Gasteiger partial charge >= 0.3 is 0 Å². The number of hydrogen-bond acceptors (Lipinski definition) is 4. The number of carbonyl (C=O) groups excluding carboxylic acids is 1. The van der Waals surface area contributed by atoms with E-state index >= 15 is 0 Å². The van der Waals surface area contributed by atoms with E-state index in [0.717, 1.165) is 11.0 Å². The van der Waals surface area contributed by atoms with E-state index in [1.54, 1.807) is 18.3 Å². The molecule has 3 aromatic rings. The molecule has 0 saturated carbocycles. The van der Waals surface area contributed by atoms with Gasteiger partial charge in [-0.25, -0.2) is 10.4 Å². The molecule has 3 rings (SSSR count). The van der Waals surface area contributed by atoms with Gasteiger partial charge in [0, 0.05) is 12.4 Å². The Hall–Kier alpha value is -3.02. The largest absolute Gasteiger partial charge is 0.337 e. The first-order valence-electron chi connectivity index (χ1n) is 6.01. The van der Waals surface area contributed by atoms with Gasteiger partial charge in [-0.1, -0.05) is 12.1 Å². The molecule has 2 heterocycles. The fourth-order valence-corrected chi connectivity index (χ4v) is 1.75. The van der Waals surface area contributed by atoms with Crippen LogP contribution < -0.4 is 5.43 Å². The standard InChI is InChI=1S/C14H11N5O/c20-14(10-4-3-7-15-8-10)19-16-9-13-17-11-5-1-2-6-12(11)18-13/h1-9H,(H,17,18)(H,19,20)/b16-9+. The highest BCUT2D eigenvalue weighted by molar-refractivity contribution is 5.94. The normalized spacial score (nSPS) is 11.0. The summed E-state index contributed by atoms with van der Waals surface area (Å²) in [4.78, 5) is 23.0. The summed E-state index contributed by atoms with van der Waals surface area (Å²) in [6.45, 7) is 0. The molecule has 6 heteroatoms. The molecule has 0 unspecified atom stereocenters. The predicted molar refractivity (Wildman–Crippen MR) is 75.4 cm³/mol. The average Bonchev–Trinajstić information content (AvgIpc) is 2.90. The van der Waals surface area contributed by atoms with Crippen molar-refractivity contribution in [2.24, 2.45) is 5.10 Å². The van der Waals surface area contributed by atoms with E-state index in [1.165, 1.54) is 12.4 Å². The first-order valence-corrected chi connectivity index (χ1v) is 6.01. The highest BCUT2D eigenvalue weighted by Crippen LogP contribution is 2.08. The second-order valence-electron chi connectivity index (χ2n) is 4.08. The molecule has 0 saturated heterocycles. The second-order valence-corrected chi connectivity index (χ2v) is 4.08. The number of amides is 1. The summed E-state index contributed by atoms with van der Waals surface area (Å²) in [6.07, 6.45) is 4.55. The maximum atomic E-state index is 11.7. The van der Waals surface area contributed by atoms with Gasteiger partial charge in [0.1, 0.15) is 0 Å². The number of pyridine rings is 1. The maximum absolute atomic E-state index is 11.7. The van der Waals surface area contributed by atoms with Crippen LogP contribution in [-0.4, -0.2) is 27.1 Å². The Morgan fingerprint density at radius 3 is 2.95 bits per heavy atom. The summed E-state index contributed by atoms with van der Waals surface area (Å²) < 4.78 is 0. The van der Waals surface area contributed by atoms with Gasteiger partial charge in [-0.15, -0.1) is 0 Å². The third-order valence-corrected chi connectivity index (χ3v) is 2.68. The third kappa shape index (κ3) is 2.54. The summed E-state index contributed by atoms with van der Waals surface area (Å²) in [5.41, 5.74) is 4.65. The Balaban J connectivity index is 1.70. The lowest BCUT2D eigenvalue weighted by Gasteiger charge is -1.97. The van der Waals surface area contributed by atoms with Gasteiger partial charge in [-0.05, 0) is 24.3 Å². The molecular formula is C14H11N5O. The molecule has 0 aliphatic carbocycles. The molecule has 0 aliphatic heterocycles. The highest BCUT2D eigenvalue weighted by Gasteiger charge is 2.03. The van der Waals surface area contributed by atoms with Crippen molar-refractivity contribution >= 4 is 23.2 Å². The number of para-hydroxylation sites is 2. The minimum absolute atomic E-state index is 0.314. The summed E-state index contributed by atoms with van der Waals surface area (Å²) >= 11 is 0. The van der Waals surface area contributed by atoms with Crippen LogP contribution in [0.1, 0.15) is 16.2 Å². The van der Waals surface area contributed by atoms with E-state index in [4.69, 9.17) is 0 Å². The molecule has 20 heavy (non-hydrogen) atoms. The molecule has 2 N–H and O–H groups in total. The topological polar surface area (TPSA) is 83.0 Å². The Kier molecular flexibility index (Phi) is 3.20. The van der Waals surface area contributed by atoms with E-state index in [2.05, 4.69) is 25.5 Å². The lowest BCUT2D eigenvalue weighted by Crippen LogP contribution is -2.17. The Labute approximate surface area is 114 Å². The molecule has 98 valence electrons. The molecule has 1 aromatic carbocycles. The van der Waals surface area contributed by atoms with Gasteiger partial charge < -0.3 is 4.98 Å². The smallest absolute Gasteiger partial charge is 0.272 e. The quantitative estimate of drug-likeness (QED) is 0.558. The Morgan fingerprint density at radius 1 is 1.25 bits per heavy atom. The Bertz CT molecular complexity index is 730. The summed E-state index contributed by atoms with van der Waals surface area (Å²) in [5.74, 6) is 0.267. The number of hydrazone groups is 1. The second kappa shape index (κ2) is 5.31. The van der Waals surface area contributed by atoms with Crippen molar-refractivity contribution in [2.45, 2.75) is 0 Å². The van der Waals surface area contributed by atoms with Crippen molar-refractivity contribution < 1.29 is 4.79 Å².